The molecule has 0 unspecified atom stereocenters. The van der Waals surface area contributed by atoms with E-state index in [0.717, 1.165) is 12.0 Å². The maximum Gasteiger partial charge on any atom is 0.299 e. The first-order chi connectivity index (χ1) is 15.1. The van der Waals surface area contributed by atoms with Crippen LogP contribution in [0.15, 0.2) is 64.2 Å². The minimum absolute atomic E-state index is 0.0765. The van der Waals surface area contributed by atoms with Gasteiger partial charge in [-0.15, -0.1) is 0 Å². The molecule has 0 bridgehead atoms. The number of ether oxygens (including phenoxy) is 1. The van der Waals surface area contributed by atoms with Gasteiger partial charge in [-0.25, -0.2) is 4.98 Å². The number of amides is 1. The predicted octanol–water partition coefficient (Wildman–Crippen LogP) is 3.65. The third-order valence-corrected chi connectivity index (χ3v) is 5.04. The van der Waals surface area contributed by atoms with Crippen LogP contribution in [-0.2, 0) is 17.8 Å². The third-order valence-electron chi connectivity index (χ3n) is 5.04. The summed E-state index contributed by atoms with van der Waals surface area (Å²) in [5, 5.41) is 6.84. The summed E-state index contributed by atoms with van der Waals surface area (Å²) in [6, 6.07) is 14.9. The van der Waals surface area contributed by atoms with Gasteiger partial charge >= 0.3 is 0 Å². The summed E-state index contributed by atoms with van der Waals surface area (Å²) in [6.07, 6.45) is 2.47. The van der Waals surface area contributed by atoms with Crippen LogP contribution in [0.3, 0.4) is 0 Å². The van der Waals surface area contributed by atoms with E-state index in [1.807, 2.05) is 24.3 Å². The number of methoxy groups -OCH3 is 1. The molecule has 31 heavy (non-hydrogen) atoms. The molecule has 0 aliphatic rings. The van der Waals surface area contributed by atoms with Crippen molar-refractivity contribution in [2.45, 2.75) is 26.3 Å². The summed E-state index contributed by atoms with van der Waals surface area (Å²) >= 11 is 0. The third kappa shape index (κ3) is 4.32. The van der Waals surface area contributed by atoms with Crippen molar-refractivity contribution < 1.29 is 14.1 Å². The van der Waals surface area contributed by atoms with Crippen molar-refractivity contribution in [3.8, 4) is 17.0 Å². The highest BCUT2D eigenvalue weighted by molar-refractivity contribution is 5.90. The minimum atomic E-state index is -0.369. The fraction of sp³-hybridized carbons (Fsp3) is 0.217. The van der Waals surface area contributed by atoms with Crippen molar-refractivity contribution in [2.75, 3.05) is 12.4 Å². The number of hydrogen-bond acceptors (Lipinski definition) is 6. The second kappa shape index (κ2) is 8.83. The molecular formula is C23H22N4O4. The lowest BCUT2D eigenvalue weighted by atomic mass is 10.1. The largest absolute Gasteiger partial charge is 0.497 e. The fourth-order valence-corrected chi connectivity index (χ4v) is 3.22. The van der Waals surface area contributed by atoms with E-state index in [2.05, 4.69) is 22.4 Å². The maximum absolute atomic E-state index is 12.8. The molecule has 0 saturated carbocycles. The number of benzene rings is 2. The van der Waals surface area contributed by atoms with Crippen molar-refractivity contribution in [1.29, 1.82) is 0 Å². The summed E-state index contributed by atoms with van der Waals surface area (Å²) in [5.41, 5.74) is 3.34. The minimum Gasteiger partial charge on any atom is -0.497 e. The summed E-state index contributed by atoms with van der Waals surface area (Å²) in [6.45, 7) is 2.26. The Morgan fingerprint density at radius 3 is 2.55 bits per heavy atom. The number of carbonyl (C=O) groups is 1. The smallest absolute Gasteiger partial charge is 0.299 e. The van der Waals surface area contributed by atoms with Crippen LogP contribution in [0.5, 0.6) is 5.75 Å². The van der Waals surface area contributed by atoms with Gasteiger partial charge in [-0.2, -0.15) is 0 Å². The van der Waals surface area contributed by atoms with Crippen LogP contribution in [0.2, 0.25) is 0 Å². The molecule has 158 valence electrons. The number of aromatic nitrogens is 3. The molecule has 8 nitrogen and oxygen atoms in total. The first-order valence-corrected chi connectivity index (χ1v) is 9.97. The SMILES string of the molecule is CCc1ccc(-c2noc3c(=O)n(CCC(=O)Nc4ccc(OC)cc4)cnc23)cc1. The number of aryl methyl sites for hydroxylation is 2. The molecule has 0 atom stereocenters. The zero-order chi connectivity index (χ0) is 21.8. The number of carbonyl (C=O) groups excluding carboxylic acids is 1. The lowest BCUT2D eigenvalue weighted by Gasteiger charge is -2.07. The van der Waals surface area contributed by atoms with Gasteiger partial charge in [0.1, 0.15) is 17.0 Å². The Labute approximate surface area is 178 Å². The molecular weight excluding hydrogens is 396 g/mol. The van der Waals surface area contributed by atoms with Crippen molar-refractivity contribution in [1.82, 2.24) is 14.7 Å². The second-order valence-electron chi connectivity index (χ2n) is 7.03. The van der Waals surface area contributed by atoms with Gasteiger partial charge in [0.15, 0.2) is 0 Å². The van der Waals surface area contributed by atoms with E-state index in [9.17, 15) is 9.59 Å². The lowest BCUT2D eigenvalue weighted by molar-refractivity contribution is -0.116. The van der Waals surface area contributed by atoms with E-state index in [-0.39, 0.29) is 30.0 Å². The van der Waals surface area contributed by atoms with Gasteiger partial charge in [0, 0.05) is 24.2 Å². The maximum atomic E-state index is 12.8. The van der Waals surface area contributed by atoms with Crippen LogP contribution in [0, 0.1) is 0 Å². The molecule has 1 amide bonds. The van der Waals surface area contributed by atoms with Gasteiger partial charge in [0.25, 0.3) is 11.1 Å². The Morgan fingerprint density at radius 1 is 1.13 bits per heavy atom. The Kier molecular flexibility index (Phi) is 5.79. The Balaban J connectivity index is 1.47. The molecule has 2 aromatic heterocycles. The van der Waals surface area contributed by atoms with Crippen molar-refractivity contribution in [2.24, 2.45) is 0 Å². The zero-order valence-corrected chi connectivity index (χ0v) is 17.3. The predicted molar refractivity (Wildman–Crippen MR) is 117 cm³/mol. The second-order valence-corrected chi connectivity index (χ2v) is 7.03. The monoisotopic (exact) mass is 418 g/mol. The molecule has 0 saturated heterocycles. The molecule has 8 heteroatoms. The molecule has 0 aliphatic carbocycles. The standard InChI is InChI=1S/C23H22N4O4/c1-3-15-4-6-16(7-5-15)20-21-22(31-26-20)23(29)27(14-24-21)13-12-19(28)25-17-8-10-18(30-2)11-9-17/h4-11,14H,3,12-13H2,1-2H3,(H,25,28). The summed E-state index contributed by atoms with van der Waals surface area (Å²) in [7, 11) is 1.58. The molecule has 4 rings (SSSR count). The molecule has 0 spiro atoms. The van der Waals surface area contributed by atoms with Crippen LogP contribution in [0.1, 0.15) is 18.9 Å². The summed E-state index contributed by atoms with van der Waals surface area (Å²) < 4.78 is 11.7. The van der Waals surface area contributed by atoms with Crippen LogP contribution in [0.4, 0.5) is 5.69 Å². The number of hydrogen-bond donors (Lipinski definition) is 1. The molecule has 2 aromatic carbocycles. The Hall–Kier alpha value is -3.94. The molecule has 0 fully saturated rings. The Bertz CT molecular complexity index is 1260. The fourth-order valence-electron chi connectivity index (χ4n) is 3.22. The average molecular weight is 418 g/mol. The number of nitrogens with zero attached hydrogens (tertiary/aromatic N) is 3. The van der Waals surface area contributed by atoms with Gasteiger partial charge in [-0.05, 0) is 36.2 Å². The van der Waals surface area contributed by atoms with E-state index in [0.29, 0.717) is 22.6 Å². The molecule has 4 aromatic rings. The number of anilines is 1. The lowest BCUT2D eigenvalue weighted by Crippen LogP contribution is -2.23. The van der Waals surface area contributed by atoms with E-state index in [1.54, 1.807) is 31.4 Å². The van der Waals surface area contributed by atoms with E-state index in [4.69, 9.17) is 9.26 Å². The number of fused-ring (bicyclic) bond motifs is 1. The van der Waals surface area contributed by atoms with E-state index >= 15 is 0 Å². The quantitative estimate of drug-likeness (QED) is 0.492. The van der Waals surface area contributed by atoms with Crippen molar-refractivity contribution >= 4 is 22.7 Å². The van der Waals surface area contributed by atoms with Gasteiger partial charge in [0.05, 0.1) is 13.4 Å². The normalized spacial score (nSPS) is 10.9. The summed E-state index contributed by atoms with van der Waals surface area (Å²) in [4.78, 5) is 29.4. The van der Waals surface area contributed by atoms with Crippen LogP contribution in [-0.4, -0.2) is 27.7 Å². The number of rotatable bonds is 7. The highest BCUT2D eigenvalue weighted by Crippen LogP contribution is 2.25. The topological polar surface area (TPSA) is 99.2 Å². The van der Waals surface area contributed by atoms with Gasteiger partial charge in [0.2, 0.25) is 5.91 Å². The Morgan fingerprint density at radius 2 is 1.87 bits per heavy atom. The first-order valence-electron chi connectivity index (χ1n) is 9.97. The van der Waals surface area contributed by atoms with Gasteiger partial charge < -0.3 is 14.6 Å². The highest BCUT2D eigenvalue weighted by atomic mass is 16.5. The van der Waals surface area contributed by atoms with Gasteiger partial charge in [-0.3, -0.25) is 14.2 Å². The molecule has 0 radical (unpaired) electrons. The molecule has 1 N–H and O–H groups in total. The van der Waals surface area contributed by atoms with Crippen LogP contribution >= 0.6 is 0 Å². The van der Waals surface area contributed by atoms with Gasteiger partial charge in [-0.1, -0.05) is 36.3 Å². The average Bonchev–Trinajstić information content (AvgIpc) is 3.24. The summed E-state index contributed by atoms with van der Waals surface area (Å²) in [5.74, 6) is 0.489. The highest BCUT2D eigenvalue weighted by Gasteiger charge is 2.16. The van der Waals surface area contributed by atoms with Crippen LogP contribution < -0.4 is 15.6 Å². The molecule has 0 aliphatic heterocycles. The first kappa shape index (κ1) is 20.3. The number of nitrogens with one attached hydrogen (secondary N) is 1. The zero-order valence-electron chi connectivity index (χ0n) is 17.3. The van der Waals surface area contributed by atoms with E-state index in [1.165, 1.54) is 16.5 Å². The van der Waals surface area contributed by atoms with E-state index < -0.39 is 0 Å². The molecule has 2 heterocycles. The van der Waals surface area contributed by atoms with Crippen molar-refractivity contribution in [3.05, 3.63) is 70.8 Å². The van der Waals surface area contributed by atoms with Crippen LogP contribution in [0.25, 0.3) is 22.4 Å². The van der Waals surface area contributed by atoms with Crippen molar-refractivity contribution in [3.63, 3.8) is 0 Å².